The predicted octanol–water partition coefficient (Wildman–Crippen LogP) is 4.14. The highest BCUT2D eigenvalue weighted by Crippen LogP contribution is 2.23. The molecule has 0 atom stereocenters. The fraction of sp³-hybridized carbons (Fsp3) is 0.286. The van der Waals surface area contributed by atoms with E-state index in [-0.39, 0.29) is 0 Å². The van der Waals surface area contributed by atoms with Crippen molar-refractivity contribution in [3.05, 3.63) is 66.1 Å². The number of rotatable bonds is 6. The lowest BCUT2D eigenvalue weighted by Gasteiger charge is -2.18. The van der Waals surface area contributed by atoms with Gasteiger partial charge in [-0.05, 0) is 56.2 Å². The predicted molar refractivity (Wildman–Crippen MR) is 110 cm³/mol. The summed E-state index contributed by atoms with van der Waals surface area (Å²) < 4.78 is 0. The summed E-state index contributed by atoms with van der Waals surface area (Å²) >= 11 is 0. The van der Waals surface area contributed by atoms with Crippen LogP contribution in [-0.2, 0) is 6.54 Å². The molecule has 1 saturated heterocycles. The largest absolute Gasteiger partial charge is 0.372 e. The van der Waals surface area contributed by atoms with Crippen molar-refractivity contribution < 1.29 is 0 Å². The van der Waals surface area contributed by atoms with Gasteiger partial charge in [-0.3, -0.25) is 4.98 Å². The fourth-order valence-electron chi connectivity index (χ4n) is 3.26. The molecule has 0 radical (unpaired) electrons. The molecule has 1 aromatic carbocycles. The topological polar surface area (TPSA) is 66.0 Å². The summed E-state index contributed by atoms with van der Waals surface area (Å²) in [5.74, 6) is 1.37. The first-order valence-corrected chi connectivity index (χ1v) is 9.38. The third kappa shape index (κ3) is 4.53. The quantitative estimate of drug-likeness (QED) is 0.689. The van der Waals surface area contributed by atoms with Gasteiger partial charge >= 0.3 is 0 Å². The Morgan fingerprint density at radius 2 is 1.81 bits per heavy atom. The summed E-state index contributed by atoms with van der Waals surface area (Å²) in [6.45, 7) is 4.90. The fourth-order valence-corrected chi connectivity index (χ4v) is 3.26. The van der Waals surface area contributed by atoms with Crippen LogP contribution in [0.5, 0.6) is 0 Å². The van der Waals surface area contributed by atoms with Gasteiger partial charge in [0.25, 0.3) is 0 Å². The lowest BCUT2D eigenvalue weighted by atomic mass is 10.2. The number of aromatic nitrogens is 3. The summed E-state index contributed by atoms with van der Waals surface area (Å²) in [6, 6.07) is 16.3. The second kappa shape index (κ2) is 8.03. The van der Waals surface area contributed by atoms with E-state index < -0.39 is 0 Å². The van der Waals surface area contributed by atoms with Crippen LogP contribution < -0.4 is 15.5 Å². The lowest BCUT2D eigenvalue weighted by molar-refractivity contribution is 0.949. The summed E-state index contributed by atoms with van der Waals surface area (Å²) in [5, 5.41) is 6.62. The Balaban J connectivity index is 1.43. The van der Waals surface area contributed by atoms with Crippen LogP contribution in [0.25, 0.3) is 0 Å². The van der Waals surface area contributed by atoms with Crippen LogP contribution in [0, 0.1) is 6.92 Å². The van der Waals surface area contributed by atoms with Gasteiger partial charge in [-0.25, -0.2) is 4.98 Å². The smallest absolute Gasteiger partial charge is 0.229 e. The molecule has 0 saturated carbocycles. The van der Waals surface area contributed by atoms with Gasteiger partial charge in [0.2, 0.25) is 5.95 Å². The van der Waals surface area contributed by atoms with E-state index in [1.165, 1.54) is 18.5 Å². The number of hydrogen-bond donors (Lipinski definition) is 2. The summed E-state index contributed by atoms with van der Waals surface area (Å²) in [4.78, 5) is 15.8. The van der Waals surface area contributed by atoms with Crippen molar-refractivity contribution in [1.82, 2.24) is 15.0 Å². The minimum Gasteiger partial charge on any atom is -0.372 e. The molecule has 0 bridgehead atoms. The minimum absolute atomic E-state index is 0.590. The molecule has 0 spiro atoms. The van der Waals surface area contributed by atoms with Gasteiger partial charge in [0.15, 0.2) is 0 Å². The van der Waals surface area contributed by atoms with Gasteiger partial charge in [-0.15, -0.1) is 0 Å². The molecular formula is C21H24N6. The number of aryl methyl sites for hydroxylation is 1. The lowest BCUT2D eigenvalue weighted by Crippen LogP contribution is -2.17. The van der Waals surface area contributed by atoms with Crippen LogP contribution in [0.15, 0.2) is 54.7 Å². The summed E-state index contributed by atoms with van der Waals surface area (Å²) in [7, 11) is 0. The maximum Gasteiger partial charge on any atom is 0.229 e. The minimum atomic E-state index is 0.590. The van der Waals surface area contributed by atoms with Gasteiger partial charge in [-0.1, -0.05) is 6.07 Å². The zero-order chi connectivity index (χ0) is 18.5. The second-order valence-electron chi connectivity index (χ2n) is 6.76. The Bertz CT molecular complexity index is 873. The van der Waals surface area contributed by atoms with Crippen molar-refractivity contribution in [3.63, 3.8) is 0 Å². The highest BCUT2D eigenvalue weighted by atomic mass is 15.2. The Kier molecular flexibility index (Phi) is 5.14. The van der Waals surface area contributed by atoms with Gasteiger partial charge < -0.3 is 15.5 Å². The highest BCUT2D eigenvalue weighted by Gasteiger charge is 2.12. The van der Waals surface area contributed by atoms with E-state index in [2.05, 4.69) is 54.8 Å². The molecule has 2 aromatic heterocycles. The summed E-state index contributed by atoms with van der Waals surface area (Å²) in [5.41, 5.74) is 4.14. The maximum absolute atomic E-state index is 4.57. The standard InChI is InChI=1S/C21H24N6/c1-16-14-20(23-15-18-6-2-3-11-22-18)26-21(24-16)25-17-7-9-19(10-8-17)27-12-4-5-13-27/h2-3,6-11,14H,4-5,12-13,15H2,1H3,(H2,23,24,25,26). The molecule has 138 valence electrons. The molecule has 1 aliphatic heterocycles. The normalized spacial score (nSPS) is 13.6. The molecule has 3 aromatic rings. The van der Waals surface area contributed by atoms with Crippen molar-refractivity contribution >= 4 is 23.1 Å². The average molecular weight is 360 g/mol. The van der Waals surface area contributed by atoms with Gasteiger partial charge in [0.05, 0.1) is 12.2 Å². The van der Waals surface area contributed by atoms with E-state index in [1.807, 2.05) is 31.2 Å². The zero-order valence-corrected chi connectivity index (χ0v) is 15.5. The highest BCUT2D eigenvalue weighted by molar-refractivity contribution is 5.60. The molecule has 2 N–H and O–H groups in total. The van der Waals surface area contributed by atoms with Crippen molar-refractivity contribution in [2.45, 2.75) is 26.3 Å². The number of pyridine rings is 1. The number of nitrogens with zero attached hydrogens (tertiary/aromatic N) is 4. The van der Waals surface area contributed by atoms with Crippen LogP contribution in [0.3, 0.4) is 0 Å². The SMILES string of the molecule is Cc1cc(NCc2ccccn2)nc(Nc2ccc(N3CCCC3)cc2)n1. The van der Waals surface area contributed by atoms with E-state index in [0.29, 0.717) is 12.5 Å². The molecule has 0 amide bonds. The Morgan fingerprint density at radius 3 is 2.56 bits per heavy atom. The summed E-state index contributed by atoms with van der Waals surface area (Å²) in [6.07, 6.45) is 4.36. The van der Waals surface area contributed by atoms with Crippen LogP contribution >= 0.6 is 0 Å². The molecule has 6 nitrogen and oxygen atoms in total. The molecule has 0 aliphatic carbocycles. The van der Waals surface area contributed by atoms with Crippen LogP contribution in [0.4, 0.5) is 23.1 Å². The molecule has 0 unspecified atom stereocenters. The molecule has 27 heavy (non-hydrogen) atoms. The zero-order valence-electron chi connectivity index (χ0n) is 15.5. The first-order valence-electron chi connectivity index (χ1n) is 9.38. The molecular weight excluding hydrogens is 336 g/mol. The Morgan fingerprint density at radius 1 is 1.00 bits per heavy atom. The Labute approximate surface area is 159 Å². The van der Waals surface area contributed by atoms with Gasteiger partial charge in [0.1, 0.15) is 5.82 Å². The molecule has 6 heteroatoms. The Hall–Kier alpha value is -3.15. The molecule has 1 aliphatic rings. The van der Waals surface area contributed by atoms with Crippen molar-refractivity contribution in [2.75, 3.05) is 28.6 Å². The number of benzene rings is 1. The maximum atomic E-state index is 4.57. The second-order valence-corrected chi connectivity index (χ2v) is 6.76. The number of anilines is 4. The van der Waals surface area contributed by atoms with E-state index >= 15 is 0 Å². The van der Waals surface area contributed by atoms with Crippen LogP contribution in [0.2, 0.25) is 0 Å². The molecule has 3 heterocycles. The third-order valence-corrected chi connectivity index (χ3v) is 4.63. The first-order chi connectivity index (χ1) is 13.3. The monoisotopic (exact) mass is 360 g/mol. The van der Waals surface area contributed by atoms with E-state index in [4.69, 9.17) is 0 Å². The number of hydrogen-bond acceptors (Lipinski definition) is 6. The average Bonchev–Trinajstić information content (AvgIpc) is 3.22. The van der Waals surface area contributed by atoms with Gasteiger partial charge in [-0.2, -0.15) is 4.98 Å². The number of nitrogens with one attached hydrogen (secondary N) is 2. The van der Waals surface area contributed by atoms with Gasteiger partial charge in [0, 0.05) is 42.4 Å². The first kappa shape index (κ1) is 17.3. The van der Waals surface area contributed by atoms with E-state index in [9.17, 15) is 0 Å². The van der Waals surface area contributed by atoms with E-state index in [0.717, 1.165) is 36.0 Å². The van der Waals surface area contributed by atoms with Crippen molar-refractivity contribution in [3.8, 4) is 0 Å². The molecule has 1 fully saturated rings. The molecule has 4 rings (SSSR count). The van der Waals surface area contributed by atoms with Crippen LogP contribution in [0.1, 0.15) is 24.2 Å². The van der Waals surface area contributed by atoms with E-state index in [1.54, 1.807) is 6.20 Å². The van der Waals surface area contributed by atoms with Crippen molar-refractivity contribution in [1.29, 1.82) is 0 Å². The van der Waals surface area contributed by atoms with Crippen molar-refractivity contribution in [2.24, 2.45) is 0 Å². The third-order valence-electron chi connectivity index (χ3n) is 4.63. The van der Waals surface area contributed by atoms with Crippen LogP contribution in [-0.4, -0.2) is 28.0 Å².